The highest BCUT2D eigenvalue weighted by atomic mass is 19.3. The number of halogens is 2. The van der Waals surface area contributed by atoms with Gasteiger partial charge in [-0.15, -0.1) is 8.78 Å². The summed E-state index contributed by atoms with van der Waals surface area (Å²) < 4.78 is 35.3. The Morgan fingerprint density at radius 3 is 2.43 bits per heavy atom. The van der Waals surface area contributed by atoms with Crippen LogP contribution in [-0.2, 0) is 5.41 Å². The van der Waals surface area contributed by atoms with E-state index < -0.39 is 6.29 Å². The first kappa shape index (κ1) is 14.6. The SMILES string of the molecule is CC(C)CC(N)C1(c2ccc3c(c2)OC(F)(F)O3)CCC1. The first-order chi connectivity index (χ1) is 9.82. The lowest BCUT2D eigenvalue weighted by atomic mass is 9.59. The molecule has 0 amide bonds. The summed E-state index contributed by atoms with van der Waals surface area (Å²) in [4.78, 5) is 0. The molecule has 2 N–H and O–H groups in total. The second-order valence-electron chi connectivity index (χ2n) is 6.57. The molecule has 1 aromatic carbocycles. The summed E-state index contributed by atoms with van der Waals surface area (Å²) in [6.07, 6.45) is 0.475. The molecule has 0 saturated heterocycles. The molecule has 0 spiro atoms. The minimum Gasteiger partial charge on any atom is -0.395 e. The smallest absolute Gasteiger partial charge is 0.395 e. The summed E-state index contributed by atoms with van der Waals surface area (Å²) in [5, 5.41) is 0. The minimum absolute atomic E-state index is 0.0344. The van der Waals surface area contributed by atoms with Gasteiger partial charge in [0.1, 0.15) is 0 Å². The summed E-state index contributed by atoms with van der Waals surface area (Å²) in [6.45, 7) is 4.29. The van der Waals surface area contributed by atoms with Gasteiger partial charge in [-0.05, 0) is 42.9 Å². The molecule has 1 aliphatic heterocycles. The van der Waals surface area contributed by atoms with Crippen LogP contribution in [0.5, 0.6) is 11.5 Å². The number of fused-ring (bicyclic) bond motifs is 1. The second-order valence-corrected chi connectivity index (χ2v) is 6.57. The van der Waals surface area contributed by atoms with Gasteiger partial charge in [-0.3, -0.25) is 0 Å². The van der Waals surface area contributed by atoms with E-state index >= 15 is 0 Å². The van der Waals surface area contributed by atoms with Crippen LogP contribution in [0.1, 0.15) is 45.1 Å². The standard InChI is InChI=1S/C16H21F2NO2/c1-10(2)8-14(19)15(6-3-7-15)11-4-5-12-13(9-11)21-16(17,18)20-12/h4-5,9-10,14H,3,6-8,19H2,1-2H3. The molecular weight excluding hydrogens is 276 g/mol. The van der Waals surface area contributed by atoms with E-state index in [0.29, 0.717) is 5.92 Å². The zero-order valence-electron chi connectivity index (χ0n) is 12.4. The largest absolute Gasteiger partial charge is 0.586 e. The zero-order valence-corrected chi connectivity index (χ0v) is 12.4. The molecule has 116 valence electrons. The fourth-order valence-electron chi connectivity index (χ4n) is 3.42. The molecule has 21 heavy (non-hydrogen) atoms. The Bertz CT molecular complexity index is 541. The van der Waals surface area contributed by atoms with Gasteiger partial charge in [-0.2, -0.15) is 0 Å². The van der Waals surface area contributed by atoms with Crippen molar-refractivity contribution in [2.75, 3.05) is 0 Å². The molecule has 1 atom stereocenters. The van der Waals surface area contributed by atoms with Crippen molar-refractivity contribution >= 4 is 0 Å². The molecule has 3 rings (SSSR count). The van der Waals surface area contributed by atoms with Crippen molar-refractivity contribution in [2.45, 2.75) is 57.3 Å². The van der Waals surface area contributed by atoms with Gasteiger partial charge in [-0.1, -0.05) is 26.3 Å². The van der Waals surface area contributed by atoms with Gasteiger partial charge < -0.3 is 15.2 Å². The maximum Gasteiger partial charge on any atom is 0.586 e. The molecule has 0 radical (unpaired) electrons. The predicted octanol–water partition coefficient (Wildman–Crippen LogP) is 3.80. The number of alkyl halides is 2. The van der Waals surface area contributed by atoms with Crippen LogP contribution in [-0.4, -0.2) is 12.3 Å². The van der Waals surface area contributed by atoms with Gasteiger partial charge in [0, 0.05) is 11.5 Å². The van der Waals surface area contributed by atoms with Crippen molar-refractivity contribution in [3.05, 3.63) is 23.8 Å². The van der Waals surface area contributed by atoms with E-state index in [4.69, 9.17) is 5.73 Å². The minimum atomic E-state index is -3.56. The molecule has 0 aromatic heterocycles. The van der Waals surface area contributed by atoms with Crippen molar-refractivity contribution in [3.63, 3.8) is 0 Å². The highest BCUT2D eigenvalue weighted by Crippen LogP contribution is 2.50. The third-order valence-electron chi connectivity index (χ3n) is 4.66. The molecule has 3 nitrogen and oxygen atoms in total. The molecule has 2 aliphatic rings. The van der Waals surface area contributed by atoms with Crippen LogP contribution in [0.4, 0.5) is 8.78 Å². The molecule has 1 fully saturated rings. The number of nitrogens with two attached hydrogens (primary N) is 1. The fraction of sp³-hybridized carbons (Fsp3) is 0.625. The van der Waals surface area contributed by atoms with E-state index in [9.17, 15) is 8.78 Å². The lowest BCUT2D eigenvalue weighted by Crippen LogP contribution is -2.50. The third-order valence-corrected chi connectivity index (χ3v) is 4.66. The number of hydrogen-bond donors (Lipinski definition) is 1. The van der Waals surface area contributed by atoms with Crippen molar-refractivity contribution < 1.29 is 18.3 Å². The summed E-state index contributed by atoms with van der Waals surface area (Å²) >= 11 is 0. The van der Waals surface area contributed by atoms with E-state index in [0.717, 1.165) is 31.2 Å². The summed E-state index contributed by atoms with van der Waals surface area (Å²) in [6, 6.07) is 5.12. The van der Waals surface area contributed by atoms with E-state index in [-0.39, 0.29) is 23.0 Å². The van der Waals surface area contributed by atoms with Gasteiger partial charge in [0.25, 0.3) is 0 Å². The van der Waals surface area contributed by atoms with Gasteiger partial charge in [0.15, 0.2) is 11.5 Å². The van der Waals surface area contributed by atoms with Crippen LogP contribution in [0.3, 0.4) is 0 Å². The third kappa shape index (κ3) is 2.48. The van der Waals surface area contributed by atoms with E-state index in [1.54, 1.807) is 12.1 Å². The lowest BCUT2D eigenvalue weighted by Gasteiger charge is -2.47. The highest BCUT2D eigenvalue weighted by molar-refractivity contribution is 5.48. The topological polar surface area (TPSA) is 44.5 Å². The van der Waals surface area contributed by atoms with Crippen LogP contribution >= 0.6 is 0 Å². The lowest BCUT2D eigenvalue weighted by molar-refractivity contribution is -0.286. The van der Waals surface area contributed by atoms with Gasteiger partial charge in [-0.25, -0.2) is 0 Å². The summed E-state index contributed by atoms with van der Waals surface area (Å²) in [5.74, 6) is 0.715. The molecule has 0 bridgehead atoms. The first-order valence-corrected chi connectivity index (χ1v) is 7.48. The Balaban J connectivity index is 1.89. The van der Waals surface area contributed by atoms with Crippen LogP contribution < -0.4 is 15.2 Å². The van der Waals surface area contributed by atoms with Gasteiger partial charge in [0.05, 0.1) is 0 Å². The molecule has 1 aliphatic carbocycles. The van der Waals surface area contributed by atoms with Crippen molar-refractivity contribution in [1.82, 2.24) is 0 Å². The van der Waals surface area contributed by atoms with Crippen LogP contribution in [0.15, 0.2) is 18.2 Å². The molecular formula is C16H21F2NO2. The summed E-state index contributed by atoms with van der Waals surface area (Å²) in [7, 11) is 0. The quantitative estimate of drug-likeness (QED) is 0.919. The summed E-state index contributed by atoms with van der Waals surface area (Å²) in [5.41, 5.74) is 7.30. The maximum absolute atomic E-state index is 13.1. The number of hydrogen-bond acceptors (Lipinski definition) is 3. The highest BCUT2D eigenvalue weighted by Gasteiger charge is 2.47. The number of rotatable bonds is 4. The molecule has 5 heteroatoms. The molecule has 1 unspecified atom stereocenters. The first-order valence-electron chi connectivity index (χ1n) is 7.48. The Morgan fingerprint density at radius 1 is 1.19 bits per heavy atom. The van der Waals surface area contributed by atoms with Crippen molar-refractivity contribution in [1.29, 1.82) is 0 Å². The number of ether oxygens (including phenoxy) is 2. The van der Waals surface area contributed by atoms with E-state index in [2.05, 4.69) is 23.3 Å². The Hall–Kier alpha value is -1.36. The second kappa shape index (κ2) is 4.83. The van der Waals surface area contributed by atoms with Crippen molar-refractivity contribution in [2.24, 2.45) is 11.7 Å². The molecule has 1 saturated carbocycles. The fourth-order valence-corrected chi connectivity index (χ4v) is 3.42. The monoisotopic (exact) mass is 297 g/mol. The Morgan fingerprint density at radius 2 is 1.86 bits per heavy atom. The maximum atomic E-state index is 13.1. The van der Waals surface area contributed by atoms with Crippen LogP contribution in [0.2, 0.25) is 0 Å². The average Bonchev–Trinajstić information content (AvgIpc) is 2.59. The average molecular weight is 297 g/mol. The normalized spacial score (nSPS) is 23.0. The number of benzene rings is 1. The van der Waals surface area contributed by atoms with Gasteiger partial charge in [0.2, 0.25) is 0 Å². The van der Waals surface area contributed by atoms with Crippen LogP contribution in [0, 0.1) is 5.92 Å². The van der Waals surface area contributed by atoms with Crippen LogP contribution in [0.25, 0.3) is 0 Å². The Labute approximate surface area is 123 Å². The van der Waals surface area contributed by atoms with Gasteiger partial charge >= 0.3 is 6.29 Å². The van der Waals surface area contributed by atoms with E-state index in [1.807, 2.05) is 6.07 Å². The predicted molar refractivity (Wildman–Crippen MR) is 75.6 cm³/mol. The Kier molecular flexibility index (Phi) is 3.35. The molecule has 1 aromatic rings. The van der Waals surface area contributed by atoms with Crippen molar-refractivity contribution in [3.8, 4) is 11.5 Å². The zero-order chi connectivity index (χ0) is 15.3. The van der Waals surface area contributed by atoms with E-state index in [1.165, 1.54) is 0 Å². The molecule has 1 heterocycles.